The maximum atomic E-state index is 11.7. The van der Waals surface area contributed by atoms with E-state index in [1.807, 2.05) is 32.0 Å². The second-order valence-electron chi connectivity index (χ2n) is 5.60. The molecule has 1 N–H and O–H groups in total. The smallest absolute Gasteiger partial charge is 0.220 e. The van der Waals surface area contributed by atoms with Gasteiger partial charge in [-0.3, -0.25) is 4.79 Å². The van der Waals surface area contributed by atoms with E-state index >= 15 is 0 Å². The van der Waals surface area contributed by atoms with Crippen molar-refractivity contribution in [3.63, 3.8) is 0 Å². The first-order valence-corrected chi connectivity index (χ1v) is 7.92. The number of benzene rings is 1. The van der Waals surface area contributed by atoms with Gasteiger partial charge in [-0.25, -0.2) is 0 Å². The van der Waals surface area contributed by atoms with Crippen molar-refractivity contribution in [2.75, 3.05) is 26.4 Å². The van der Waals surface area contributed by atoms with E-state index in [0.29, 0.717) is 32.8 Å². The third kappa shape index (κ3) is 5.56. The Balaban J connectivity index is 1.64. The van der Waals surface area contributed by atoms with Gasteiger partial charge in [0.2, 0.25) is 5.91 Å². The van der Waals surface area contributed by atoms with Gasteiger partial charge in [0.25, 0.3) is 0 Å². The molecule has 5 nitrogen and oxygen atoms in total. The van der Waals surface area contributed by atoms with Gasteiger partial charge >= 0.3 is 0 Å². The van der Waals surface area contributed by atoms with E-state index in [9.17, 15) is 4.79 Å². The van der Waals surface area contributed by atoms with Crippen LogP contribution in [0.4, 0.5) is 0 Å². The molecule has 0 atom stereocenters. The molecule has 0 saturated heterocycles. The number of rotatable bonds is 8. The van der Waals surface area contributed by atoms with E-state index in [4.69, 9.17) is 14.2 Å². The number of nitrogens with one attached hydrogen (secondary N) is 1. The maximum absolute atomic E-state index is 11.7. The van der Waals surface area contributed by atoms with Crippen LogP contribution in [0.3, 0.4) is 0 Å². The normalized spacial score (nSPS) is 13.2. The highest BCUT2D eigenvalue weighted by Crippen LogP contribution is 2.31. The molecule has 1 aromatic carbocycles. The van der Waals surface area contributed by atoms with Gasteiger partial charge in [-0.2, -0.15) is 0 Å². The molecule has 1 aromatic rings. The third-order valence-electron chi connectivity index (χ3n) is 3.35. The highest BCUT2D eigenvalue weighted by Gasteiger charge is 2.11. The van der Waals surface area contributed by atoms with Gasteiger partial charge in [0.15, 0.2) is 11.5 Å². The first kappa shape index (κ1) is 16.6. The van der Waals surface area contributed by atoms with Crippen LogP contribution in [0.5, 0.6) is 11.5 Å². The number of aryl methyl sites for hydroxylation is 1. The number of ether oxygens (including phenoxy) is 3. The Hall–Kier alpha value is -1.75. The zero-order chi connectivity index (χ0) is 15.8. The van der Waals surface area contributed by atoms with E-state index in [-0.39, 0.29) is 12.0 Å². The summed E-state index contributed by atoms with van der Waals surface area (Å²) < 4.78 is 16.4. The van der Waals surface area contributed by atoms with Crippen molar-refractivity contribution < 1.29 is 19.0 Å². The second-order valence-corrected chi connectivity index (χ2v) is 5.60. The standard InChI is InChI=1S/C17H25NO4/c1-13(2)20-9-8-18-17(19)5-3-4-14-6-7-15-16(12-14)22-11-10-21-15/h6-7,12-13H,3-5,8-11H2,1-2H3,(H,18,19). The van der Waals surface area contributed by atoms with Crippen molar-refractivity contribution in [3.05, 3.63) is 23.8 Å². The highest BCUT2D eigenvalue weighted by atomic mass is 16.6. The average molecular weight is 307 g/mol. The molecule has 0 fully saturated rings. The van der Waals surface area contributed by atoms with Crippen LogP contribution in [-0.2, 0) is 16.0 Å². The number of carbonyl (C=O) groups is 1. The lowest BCUT2D eigenvalue weighted by Gasteiger charge is -2.18. The van der Waals surface area contributed by atoms with E-state index in [1.54, 1.807) is 0 Å². The number of amides is 1. The minimum Gasteiger partial charge on any atom is -0.486 e. The zero-order valence-electron chi connectivity index (χ0n) is 13.4. The molecule has 0 saturated carbocycles. The van der Waals surface area contributed by atoms with Crippen molar-refractivity contribution in [2.45, 2.75) is 39.2 Å². The molecule has 2 rings (SSSR count). The van der Waals surface area contributed by atoms with Crippen molar-refractivity contribution in [2.24, 2.45) is 0 Å². The summed E-state index contributed by atoms with van der Waals surface area (Å²) in [5, 5.41) is 2.87. The lowest BCUT2D eigenvalue weighted by molar-refractivity contribution is -0.121. The van der Waals surface area contributed by atoms with E-state index in [0.717, 1.165) is 24.3 Å². The molecule has 0 aromatic heterocycles. The summed E-state index contributed by atoms with van der Waals surface area (Å²) in [5.74, 6) is 1.68. The van der Waals surface area contributed by atoms with Gasteiger partial charge in [0.05, 0.1) is 12.7 Å². The van der Waals surface area contributed by atoms with Crippen LogP contribution in [0.1, 0.15) is 32.3 Å². The Morgan fingerprint density at radius 2 is 2.05 bits per heavy atom. The minimum absolute atomic E-state index is 0.0740. The van der Waals surface area contributed by atoms with Gasteiger partial charge in [0.1, 0.15) is 13.2 Å². The Bertz CT molecular complexity index is 488. The van der Waals surface area contributed by atoms with Crippen molar-refractivity contribution in [1.82, 2.24) is 5.32 Å². The van der Waals surface area contributed by atoms with E-state index < -0.39 is 0 Å². The van der Waals surface area contributed by atoms with Crippen LogP contribution in [0.2, 0.25) is 0 Å². The van der Waals surface area contributed by atoms with E-state index in [2.05, 4.69) is 5.32 Å². The summed E-state index contributed by atoms with van der Waals surface area (Å²) >= 11 is 0. The third-order valence-corrected chi connectivity index (χ3v) is 3.35. The summed E-state index contributed by atoms with van der Waals surface area (Å²) in [4.78, 5) is 11.7. The lowest BCUT2D eigenvalue weighted by atomic mass is 10.1. The molecule has 1 aliphatic heterocycles. The first-order valence-electron chi connectivity index (χ1n) is 7.92. The minimum atomic E-state index is 0.0740. The number of carbonyl (C=O) groups excluding carboxylic acids is 1. The summed E-state index contributed by atoms with van der Waals surface area (Å²) in [6, 6.07) is 5.97. The largest absolute Gasteiger partial charge is 0.486 e. The summed E-state index contributed by atoms with van der Waals surface area (Å²) in [6.45, 7) is 6.29. The van der Waals surface area contributed by atoms with Crippen molar-refractivity contribution in [1.29, 1.82) is 0 Å². The average Bonchev–Trinajstić information content (AvgIpc) is 2.51. The molecule has 0 spiro atoms. The molecule has 0 radical (unpaired) electrons. The molecule has 5 heteroatoms. The predicted molar refractivity (Wildman–Crippen MR) is 84.5 cm³/mol. The van der Waals surface area contributed by atoms with Crippen molar-refractivity contribution >= 4 is 5.91 Å². The highest BCUT2D eigenvalue weighted by molar-refractivity contribution is 5.75. The predicted octanol–water partition coefficient (Wildman–Crippen LogP) is 2.32. The molecule has 1 aliphatic rings. The van der Waals surface area contributed by atoms with Crippen LogP contribution in [0.15, 0.2) is 18.2 Å². The molecule has 1 heterocycles. The first-order chi connectivity index (χ1) is 10.6. The van der Waals surface area contributed by atoms with Gasteiger partial charge in [-0.1, -0.05) is 6.07 Å². The molecular weight excluding hydrogens is 282 g/mol. The van der Waals surface area contributed by atoms with E-state index in [1.165, 1.54) is 5.56 Å². The van der Waals surface area contributed by atoms with Crippen molar-refractivity contribution in [3.8, 4) is 11.5 Å². The molecule has 0 bridgehead atoms. The van der Waals surface area contributed by atoms with Crippen LogP contribution in [0, 0.1) is 0 Å². The zero-order valence-corrected chi connectivity index (χ0v) is 13.4. The maximum Gasteiger partial charge on any atom is 0.220 e. The van der Waals surface area contributed by atoms with Crippen LogP contribution in [0.25, 0.3) is 0 Å². The SMILES string of the molecule is CC(C)OCCNC(=O)CCCc1ccc2c(c1)OCCO2. The topological polar surface area (TPSA) is 56.8 Å². The fourth-order valence-corrected chi connectivity index (χ4v) is 2.27. The number of hydrogen-bond donors (Lipinski definition) is 1. The molecular formula is C17H25NO4. The van der Waals surface area contributed by atoms with Crippen LogP contribution >= 0.6 is 0 Å². The quantitative estimate of drug-likeness (QED) is 0.749. The molecule has 1 amide bonds. The molecule has 22 heavy (non-hydrogen) atoms. The Morgan fingerprint density at radius 1 is 1.27 bits per heavy atom. The number of fused-ring (bicyclic) bond motifs is 1. The van der Waals surface area contributed by atoms with Crippen LogP contribution < -0.4 is 14.8 Å². The fraction of sp³-hybridized carbons (Fsp3) is 0.588. The van der Waals surface area contributed by atoms with Gasteiger partial charge < -0.3 is 19.5 Å². The van der Waals surface area contributed by atoms with Crippen LogP contribution in [-0.4, -0.2) is 38.4 Å². The monoisotopic (exact) mass is 307 g/mol. The Morgan fingerprint density at radius 3 is 2.82 bits per heavy atom. The molecule has 0 aliphatic carbocycles. The summed E-state index contributed by atoms with van der Waals surface area (Å²) in [6.07, 6.45) is 2.39. The van der Waals surface area contributed by atoms with Gasteiger partial charge in [-0.15, -0.1) is 0 Å². The van der Waals surface area contributed by atoms with Gasteiger partial charge in [0, 0.05) is 13.0 Å². The Labute approximate surface area is 131 Å². The summed E-state index contributed by atoms with van der Waals surface area (Å²) in [7, 11) is 0. The molecule has 122 valence electrons. The summed E-state index contributed by atoms with van der Waals surface area (Å²) in [5.41, 5.74) is 1.17. The van der Waals surface area contributed by atoms with Gasteiger partial charge in [-0.05, 0) is 44.4 Å². The lowest BCUT2D eigenvalue weighted by Crippen LogP contribution is -2.27. The second kappa shape index (κ2) is 8.63. The molecule has 0 unspecified atom stereocenters. The fourth-order valence-electron chi connectivity index (χ4n) is 2.27. The number of hydrogen-bond acceptors (Lipinski definition) is 4. The Kier molecular flexibility index (Phi) is 6.52.